The molecule has 0 aromatic carbocycles. The molecule has 0 unspecified atom stereocenters. The van der Waals surface area contributed by atoms with E-state index in [1.54, 1.807) is 0 Å². The summed E-state index contributed by atoms with van der Waals surface area (Å²) in [5.74, 6) is 0. The van der Waals surface area contributed by atoms with Crippen LogP contribution < -0.4 is 0 Å². The van der Waals surface area contributed by atoms with Gasteiger partial charge in [-0.25, -0.2) is 0 Å². The molecule has 0 N–H and O–H groups in total. The molecular formula is O7Zn7. The minimum absolute atomic E-state index is 0. The van der Waals surface area contributed by atoms with Gasteiger partial charge in [-0.15, -0.1) is 0 Å². The van der Waals surface area contributed by atoms with E-state index >= 15 is 0 Å². The molecule has 0 radical (unpaired) electrons. The predicted molar refractivity (Wildman–Crippen MR) is 4.81 cm³/mol. The maximum atomic E-state index is 0. The molecule has 0 saturated heterocycles. The zero-order chi connectivity index (χ0) is 0. The first-order valence-corrected chi connectivity index (χ1v) is 0. The second kappa shape index (κ2) is 265. The fraction of sp³-hybridized carbons (Fsp3) is 0. The van der Waals surface area contributed by atoms with Crippen LogP contribution in [-0.2, 0) is 175 Å². The second-order valence-corrected chi connectivity index (χ2v) is 0. The molecule has 0 fully saturated rings. The predicted octanol–water partition coefficient (Wildman–Crippen LogP) is -0.849. The standard InChI is InChI=1S/7O.7Zn/q7*-2;7*+2. The molecule has 56 valence electrons. The molecule has 0 saturated carbocycles. The summed E-state index contributed by atoms with van der Waals surface area (Å²) in [7, 11) is 0. The van der Waals surface area contributed by atoms with Gasteiger partial charge in [0.25, 0.3) is 0 Å². The molecule has 0 atom stereocenters. The summed E-state index contributed by atoms with van der Waals surface area (Å²) in [4.78, 5) is 0. The second-order valence-electron chi connectivity index (χ2n) is 0. The zero-order valence-electron chi connectivity index (χ0n) is 7.81. The fourth-order valence-electron chi connectivity index (χ4n) is 0. The molecule has 0 amide bonds. The summed E-state index contributed by atoms with van der Waals surface area (Å²) in [6.45, 7) is 0. The van der Waals surface area contributed by atoms with Gasteiger partial charge >= 0.3 is 136 Å². The van der Waals surface area contributed by atoms with Crippen molar-refractivity contribution in [1.82, 2.24) is 0 Å². The van der Waals surface area contributed by atoms with Crippen molar-refractivity contribution in [2.45, 2.75) is 0 Å². The average molecular weight is 570 g/mol. The molecule has 0 bridgehead atoms. The van der Waals surface area contributed by atoms with Gasteiger partial charge in [0.15, 0.2) is 0 Å². The molecule has 7 nitrogen and oxygen atoms in total. The first-order valence-electron chi connectivity index (χ1n) is 0. The van der Waals surface area contributed by atoms with Crippen molar-refractivity contribution in [3.63, 3.8) is 0 Å². The minimum Gasteiger partial charge on any atom is -2.00 e. The van der Waals surface area contributed by atoms with E-state index in [2.05, 4.69) is 0 Å². The van der Waals surface area contributed by atoms with Crippen LogP contribution in [0.3, 0.4) is 0 Å². The first-order chi connectivity index (χ1) is 0. The fourth-order valence-corrected chi connectivity index (χ4v) is 0. The third-order valence-corrected chi connectivity index (χ3v) is 0. The van der Waals surface area contributed by atoms with Crippen molar-refractivity contribution in [2.75, 3.05) is 0 Å². The Bertz CT molecular complexity index is 14.0. The van der Waals surface area contributed by atoms with Crippen LogP contribution in [-0.4, -0.2) is 0 Å². The van der Waals surface area contributed by atoms with E-state index in [0.29, 0.717) is 0 Å². The van der Waals surface area contributed by atoms with E-state index in [1.165, 1.54) is 0 Å². The first kappa shape index (κ1) is 316. The van der Waals surface area contributed by atoms with Gasteiger partial charge < -0.3 is 38.3 Å². The van der Waals surface area contributed by atoms with Crippen LogP contribution in [0, 0.1) is 0 Å². The summed E-state index contributed by atoms with van der Waals surface area (Å²) in [6, 6.07) is 0. The molecule has 0 spiro atoms. The number of hydrogen-bond donors (Lipinski definition) is 0. The van der Waals surface area contributed by atoms with E-state index in [4.69, 9.17) is 0 Å². The van der Waals surface area contributed by atoms with Gasteiger partial charge in [-0.3, -0.25) is 0 Å². The Kier molecular flexibility index (Phi) is 5990. The largest absolute Gasteiger partial charge is 2.00 e. The SMILES string of the molecule is [O-2].[O-2].[O-2].[O-2].[O-2].[O-2].[O-2].[Zn+2].[Zn+2].[Zn+2].[Zn+2].[Zn+2].[Zn+2].[Zn+2]. The maximum absolute atomic E-state index is 0. The van der Waals surface area contributed by atoms with Gasteiger partial charge in [-0.05, 0) is 0 Å². The van der Waals surface area contributed by atoms with E-state index in [9.17, 15) is 0 Å². The van der Waals surface area contributed by atoms with E-state index in [0.717, 1.165) is 0 Å². The molecule has 0 heterocycles. The van der Waals surface area contributed by atoms with Crippen molar-refractivity contribution in [3.05, 3.63) is 0 Å². The van der Waals surface area contributed by atoms with Gasteiger partial charge in [0.05, 0.1) is 0 Å². The van der Waals surface area contributed by atoms with Crippen molar-refractivity contribution in [3.8, 4) is 0 Å². The molecule has 14 heteroatoms. The van der Waals surface area contributed by atoms with Crippen LogP contribution in [0.4, 0.5) is 0 Å². The van der Waals surface area contributed by atoms with Crippen molar-refractivity contribution >= 4 is 0 Å². The van der Waals surface area contributed by atoms with Gasteiger partial charge in [-0.1, -0.05) is 0 Å². The van der Waals surface area contributed by atoms with Gasteiger partial charge in [-0.2, -0.15) is 0 Å². The Hall–Kier alpha value is 4.08. The molecule has 0 aliphatic heterocycles. The van der Waals surface area contributed by atoms with Crippen molar-refractivity contribution < 1.29 is 175 Å². The Morgan fingerprint density at radius 2 is 0.143 bits per heavy atom. The van der Waals surface area contributed by atoms with E-state index in [1.807, 2.05) is 0 Å². The van der Waals surface area contributed by atoms with Gasteiger partial charge in [0, 0.05) is 0 Å². The number of rotatable bonds is 0. The summed E-state index contributed by atoms with van der Waals surface area (Å²) < 4.78 is 0. The molecule has 0 aromatic rings. The van der Waals surface area contributed by atoms with Gasteiger partial charge in [0.1, 0.15) is 0 Å². The van der Waals surface area contributed by atoms with Crippen molar-refractivity contribution in [1.29, 1.82) is 0 Å². The Labute approximate surface area is 172 Å². The van der Waals surface area contributed by atoms with Crippen LogP contribution in [0.2, 0.25) is 0 Å². The van der Waals surface area contributed by atoms with Gasteiger partial charge in [0.2, 0.25) is 0 Å². The summed E-state index contributed by atoms with van der Waals surface area (Å²) in [5.41, 5.74) is 0. The van der Waals surface area contributed by atoms with E-state index in [-0.39, 0.29) is 175 Å². The van der Waals surface area contributed by atoms with Crippen LogP contribution in [0.25, 0.3) is 0 Å². The molecule has 0 rings (SSSR count). The third kappa shape index (κ3) is 219. The molecule has 0 aliphatic rings. The molecule has 14 heavy (non-hydrogen) atoms. The summed E-state index contributed by atoms with van der Waals surface area (Å²) in [5, 5.41) is 0. The molecule has 0 aliphatic carbocycles. The Morgan fingerprint density at radius 3 is 0.143 bits per heavy atom. The number of hydrogen-bond acceptors (Lipinski definition) is 0. The third-order valence-electron chi connectivity index (χ3n) is 0. The quantitative estimate of drug-likeness (QED) is 0.328. The normalized spacial score (nSPS) is 0. The van der Waals surface area contributed by atoms with Crippen LogP contribution in [0.15, 0.2) is 0 Å². The Balaban J connectivity index is 0. The smallest absolute Gasteiger partial charge is 2.00 e. The van der Waals surface area contributed by atoms with Crippen molar-refractivity contribution in [2.24, 2.45) is 0 Å². The maximum Gasteiger partial charge on any atom is 2.00 e. The molecule has 0 aromatic heterocycles. The van der Waals surface area contributed by atoms with Crippen LogP contribution >= 0.6 is 0 Å². The van der Waals surface area contributed by atoms with Crippen LogP contribution in [0.1, 0.15) is 0 Å². The molecular weight excluding hydrogens is 570 g/mol. The average Bonchev–Trinajstić information content (AvgIpc) is 0. The topological polar surface area (TPSA) is 200 Å². The summed E-state index contributed by atoms with van der Waals surface area (Å²) >= 11 is 0. The van der Waals surface area contributed by atoms with Crippen LogP contribution in [0.5, 0.6) is 0 Å². The van der Waals surface area contributed by atoms with E-state index < -0.39 is 0 Å². The Morgan fingerprint density at radius 1 is 0.143 bits per heavy atom. The zero-order valence-corrected chi connectivity index (χ0v) is 28.6. The minimum atomic E-state index is 0. The summed E-state index contributed by atoms with van der Waals surface area (Å²) in [6.07, 6.45) is 0. The monoisotopic (exact) mass is 559 g/mol.